The average molecular weight is 294 g/mol. The summed E-state index contributed by atoms with van der Waals surface area (Å²) in [7, 11) is 0. The summed E-state index contributed by atoms with van der Waals surface area (Å²) in [4.78, 5) is 8.11. The molecule has 88 valence electrons. The van der Waals surface area contributed by atoms with Crippen LogP contribution in [0, 0.1) is 6.92 Å². The highest BCUT2D eigenvalue weighted by Crippen LogP contribution is 2.26. The highest BCUT2D eigenvalue weighted by atomic mass is 79.9. The van der Waals surface area contributed by atoms with Gasteiger partial charge in [-0.15, -0.1) is 0 Å². The third kappa shape index (κ3) is 2.92. The fourth-order valence-corrected chi connectivity index (χ4v) is 1.95. The Kier molecular flexibility index (Phi) is 3.55. The first-order valence-electron chi connectivity index (χ1n) is 5.02. The lowest BCUT2D eigenvalue weighted by atomic mass is 10.2. The quantitative estimate of drug-likeness (QED) is 0.599. The Morgan fingerprint density at radius 1 is 1.29 bits per heavy atom. The van der Waals surface area contributed by atoms with Crippen molar-refractivity contribution in [1.29, 1.82) is 0 Å². The Labute approximate surface area is 108 Å². The molecule has 6 heteroatoms. The van der Waals surface area contributed by atoms with E-state index in [9.17, 15) is 0 Å². The molecule has 0 saturated carbocycles. The predicted molar refractivity (Wildman–Crippen MR) is 72.0 cm³/mol. The van der Waals surface area contributed by atoms with Gasteiger partial charge in [0.05, 0.1) is 5.69 Å². The summed E-state index contributed by atoms with van der Waals surface area (Å²) in [6.07, 6.45) is 1.63. The van der Waals surface area contributed by atoms with Crippen LogP contribution < -0.4 is 16.6 Å². The van der Waals surface area contributed by atoms with Crippen LogP contribution in [-0.4, -0.2) is 9.97 Å². The minimum atomic E-state index is 0.373. The van der Waals surface area contributed by atoms with Crippen LogP contribution in [0.4, 0.5) is 17.5 Å². The number of anilines is 3. The molecule has 0 aliphatic rings. The standard InChI is InChI=1S/C11H12BrN5/c1-7-2-3-9(8(12)6-7)15-10-4-5-14-11(16-10)17-13/h2-6H,13H2,1H3,(H2,14,15,16,17). The van der Waals surface area contributed by atoms with Gasteiger partial charge in [-0.25, -0.2) is 10.8 Å². The van der Waals surface area contributed by atoms with Crippen molar-refractivity contribution in [3.8, 4) is 0 Å². The van der Waals surface area contributed by atoms with Crippen molar-refractivity contribution in [2.45, 2.75) is 6.92 Å². The molecule has 1 heterocycles. The van der Waals surface area contributed by atoms with Gasteiger partial charge in [0.2, 0.25) is 5.95 Å². The Balaban J connectivity index is 2.25. The number of hydrazine groups is 1. The number of benzene rings is 1. The van der Waals surface area contributed by atoms with E-state index in [0.29, 0.717) is 11.8 Å². The van der Waals surface area contributed by atoms with Crippen molar-refractivity contribution >= 4 is 33.4 Å². The third-order valence-electron chi connectivity index (χ3n) is 2.17. The van der Waals surface area contributed by atoms with Gasteiger partial charge in [-0.3, -0.25) is 5.43 Å². The molecule has 1 aromatic heterocycles. The van der Waals surface area contributed by atoms with Crippen LogP contribution in [-0.2, 0) is 0 Å². The van der Waals surface area contributed by atoms with Crippen LogP contribution in [0.5, 0.6) is 0 Å². The molecule has 0 atom stereocenters. The van der Waals surface area contributed by atoms with E-state index in [1.807, 2.05) is 25.1 Å². The van der Waals surface area contributed by atoms with Crippen LogP contribution in [0.15, 0.2) is 34.9 Å². The van der Waals surface area contributed by atoms with Gasteiger partial charge >= 0.3 is 0 Å². The highest BCUT2D eigenvalue weighted by molar-refractivity contribution is 9.10. The third-order valence-corrected chi connectivity index (χ3v) is 2.83. The smallest absolute Gasteiger partial charge is 0.239 e. The maximum absolute atomic E-state index is 5.25. The van der Waals surface area contributed by atoms with E-state index in [2.05, 4.69) is 36.6 Å². The SMILES string of the molecule is Cc1ccc(Nc2ccnc(NN)n2)c(Br)c1. The van der Waals surface area contributed by atoms with E-state index in [1.165, 1.54) is 5.56 Å². The van der Waals surface area contributed by atoms with Crippen LogP contribution >= 0.6 is 15.9 Å². The number of nitrogens with one attached hydrogen (secondary N) is 2. The van der Waals surface area contributed by atoms with E-state index in [1.54, 1.807) is 12.3 Å². The van der Waals surface area contributed by atoms with Crippen molar-refractivity contribution < 1.29 is 0 Å². The van der Waals surface area contributed by atoms with Crippen LogP contribution in [0.2, 0.25) is 0 Å². The van der Waals surface area contributed by atoms with Crippen molar-refractivity contribution in [3.05, 3.63) is 40.5 Å². The molecule has 0 spiro atoms. The number of aryl methyl sites for hydroxylation is 1. The Bertz CT molecular complexity index is 529. The largest absolute Gasteiger partial charge is 0.339 e. The number of halogens is 1. The number of hydrogen-bond donors (Lipinski definition) is 3. The van der Waals surface area contributed by atoms with E-state index in [0.717, 1.165) is 10.2 Å². The average Bonchev–Trinajstić information content (AvgIpc) is 2.33. The van der Waals surface area contributed by atoms with Gasteiger partial charge in [0.1, 0.15) is 5.82 Å². The Morgan fingerprint density at radius 2 is 2.12 bits per heavy atom. The maximum atomic E-state index is 5.25. The zero-order valence-electron chi connectivity index (χ0n) is 9.24. The first-order chi connectivity index (χ1) is 8.19. The minimum Gasteiger partial charge on any atom is -0.339 e. The monoisotopic (exact) mass is 293 g/mol. The summed E-state index contributed by atoms with van der Waals surface area (Å²) in [6, 6.07) is 7.81. The van der Waals surface area contributed by atoms with E-state index in [4.69, 9.17) is 5.84 Å². The minimum absolute atomic E-state index is 0.373. The van der Waals surface area contributed by atoms with Gasteiger partial charge in [0.25, 0.3) is 0 Å². The molecule has 0 fully saturated rings. The van der Waals surface area contributed by atoms with Gasteiger partial charge in [-0.2, -0.15) is 4.98 Å². The number of nitrogens with zero attached hydrogens (tertiary/aromatic N) is 2. The molecule has 1 aromatic carbocycles. The highest BCUT2D eigenvalue weighted by Gasteiger charge is 2.02. The number of aromatic nitrogens is 2. The molecule has 0 amide bonds. The van der Waals surface area contributed by atoms with Gasteiger partial charge in [0, 0.05) is 10.7 Å². The molecule has 2 aromatic rings. The first-order valence-corrected chi connectivity index (χ1v) is 5.81. The number of rotatable bonds is 3. The van der Waals surface area contributed by atoms with E-state index in [-0.39, 0.29) is 0 Å². The van der Waals surface area contributed by atoms with Crippen LogP contribution in [0.3, 0.4) is 0 Å². The normalized spacial score (nSPS) is 10.1. The molecule has 0 unspecified atom stereocenters. The first kappa shape index (κ1) is 11.8. The molecular formula is C11H12BrN5. The van der Waals surface area contributed by atoms with Crippen molar-refractivity contribution in [1.82, 2.24) is 9.97 Å². The zero-order valence-corrected chi connectivity index (χ0v) is 10.8. The van der Waals surface area contributed by atoms with Crippen molar-refractivity contribution in [3.63, 3.8) is 0 Å². The van der Waals surface area contributed by atoms with Gasteiger partial charge in [0.15, 0.2) is 0 Å². The molecule has 0 saturated heterocycles. The summed E-state index contributed by atoms with van der Waals surface area (Å²) >= 11 is 3.49. The molecule has 0 bridgehead atoms. The molecule has 17 heavy (non-hydrogen) atoms. The second kappa shape index (κ2) is 5.11. The predicted octanol–water partition coefficient (Wildman–Crippen LogP) is 2.58. The molecule has 5 nitrogen and oxygen atoms in total. The van der Waals surface area contributed by atoms with E-state index >= 15 is 0 Å². The van der Waals surface area contributed by atoms with Crippen LogP contribution in [0.25, 0.3) is 0 Å². The van der Waals surface area contributed by atoms with Gasteiger partial charge in [-0.05, 0) is 46.6 Å². The molecule has 0 aliphatic carbocycles. The zero-order chi connectivity index (χ0) is 12.3. The fraction of sp³-hybridized carbons (Fsp3) is 0.0909. The fourth-order valence-electron chi connectivity index (χ4n) is 1.36. The summed E-state index contributed by atoms with van der Waals surface area (Å²) in [5, 5.41) is 3.18. The molecule has 0 radical (unpaired) electrons. The lowest BCUT2D eigenvalue weighted by Crippen LogP contribution is -2.10. The van der Waals surface area contributed by atoms with Crippen LogP contribution in [0.1, 0.15) is 5.56 Å². The second-order valence-corrected chi connectivity index (χ2v) is 4.37. The Hall–Kier alpha value is -1.66. The topological polar surface area (TPSA) is 75.9 Å². The number of nitrogens with two attached hydrogens (primary N) is 1. The number of hydrogen-bond acceptors (Lipinski definition) is 5. The molecule has 2 rings (SSSR count). The summed E-state index contributed by atoms with van der Waals surface area (Å²) in [5.74, 6) is 6.30. The summed E-state index contributed by atoms with van der Waals surface area (Å²) < 4.78 is 0.985. The molecular weight excluding hydrogens is 282 g/mol. The Morgan fingerprint density at radius 3 is 2.82 bits per heavy atom. The lowest BCUT2D eigenvalue weighted by molar-refractivity contribution is 1.12. The van der Waals surface area contributed by atoms with E-state index < -0.39 is 0 Å². The lowest BCUT2D eigenvalue weighted by Gasteiger charge is -2.09. The number of nitrogen functional groups attached to an aromatic ring is 1. The molecule has 0 aliphatic heterocycles. The van der Waals surface area contributed by atoms with Gasteiger partial charge < -0.3 is 5.32 Å². The summed E-state index contributed by atoms with van der Waals surface area (Å²) in [5.41, 5.74) is 4.53. The second-order valence-electron chi connectivity index (χ2n) is 3.52. The van der Waals surface area contributed by atoms with Gasteiger partial charge in [-0.1, -0.05) is 6.07 Å². The van der Waals surface area contributed by atoms with Crippen molar-refractivity contribution in [2.24, 2.45) is 5.84 Å². The summed E-state index contributed by atoms with van der Waals surface area (Å²) in [6.45, 7) is 2.04. The maximum Gasteiger partial charge on any atom is 0.239 e. The molecule has 4 N–H and O–H groups in total. The van der Waals surface area contributed by atoms with Crippen molar-refractivity contribution in [2.75, 3.05) is 10.7 Å².